The van der Waals surface area contributed by atoms with E-state index in [1.165, 1.54) is 24.1 Å². The minimum atomic E-state index is -4.22. The Morgan fingerprint density at radius 1 is 1.05 bits per heavy atom. The van der Waals surface area contributed by atoms with Crippen LogP contribution in [0.1, 0.15) is 44.2 Å². The minimum Gasteiger partial charge on any atom is -0.496 e. The van der Waals surface area contributed by atoms with Gasteiger partial charge in [-0.3, -0.25) is 13.9 Å². The summed E-state index contributed by atoms with van der Waals surface area (Å²) in [6, 6.07) is 17.6. The smallest absolute Gasteiger partial charge is 0.264 e. The molecule has 1 N–H and O–H groups in total. The van der Waals surface area contributed by atoms with Gasteiger partial charge >= 0.3 is 0 Å². The third-order valence-corrected chi connectivity index (χ3v) is 9.58. The van der Waals surface area contributed by atoms with E-state index in [4.69, 9.17) is 16.3 Å². The molecule has 8 nitrogen and oxygen atoms in total. The molecule has 0 fully saturated rings. The lowest BCUT2D eigenvalue weighted by atomic mass is 10.1. The van der Waals surface area contributed by atoms with Crippen molar-refractivity contribution in [3.8, 4) is 5.75 Å². The first-order valence-electron chi connectivity index (χ1n) is 13.8. The third kappa shape index (κ3) is 8.26. The van der Waals surface area contributed by atoms with Crippen LogP contribution >= 0.6 is 27.5 Å². The maximum atomic E-state index is 14.2. The maximum absolute atomic E-state index is 14.2. The van der Waals surface area contributed by atoms with Crippen LogP contribution < -0.4 is 14.4 Å². The number of hydrogen-bond donors (Lipinski definition) is 1. The Labute approximate surface area is 262 Å². The van der Waals surface area contributed by atoms with Crippen LogP contribution in [0, 0.1) is 6.92 Å². The number of hydrogen-bond acceptors (Lipinski definition) is 5. The van der Waals surface area contributed by atoms with Crippen LogP contribution in [0.15, 0.2) is 76.1 Å². The molecule has 0 aliphatic carbocycles. The first-order chi connectivity index (χ1) is 20.0. The van der Waals surface area contributed by atoms with Crippen LogP contribution in [0.25, 0.3) is 0 Å². The largest absolute Gasteiger partial charge is 0.496 e. The highest BCUT2D eigenvalue weighted by molar-refractivity contribution is 9.10. The number of carbonyl (C=O) groups is 2. The predicted octanol–water partition coefficient (Wildman–Crippen LogP) is 6.34. The van der Waals surface area contributed by atoms with Gasteiger partial charge in [-0.25, -0.2) is 8.42 Å². The first kappa shape index (κ1) is 33.4. The van der Waals surface area contributed by atoms with Gasteiger partial charge in [-0.05, 0) is 77.7 Å². The second-order valence-corrected chi connectivity index (χ2v) is 12.9. The summed E-state index contributed by atoms with van der Waals surface area (Å²) in [7, 11) is -2.73. The summed E-state index contributed by atoms with van der Waals surface area (Å²) in [5.41, 5.74) is 1.90. The van der Waals surface area contributed by atoms with Crippen molar-refractivity contribution in [1.82, 2.24) is 10.2 Å². The fourth-order valence-electron chi connectivity index (χ4n) is 4.41. The molecule has 2 amide bonds. The van der Waals surface area contributed by atoms with Crippen molar-refractivity contribution in [2.75, 3.05) is 24.5 Å². The first-order valence-corrected chi connectivity index (χ1v) is 16.4. The number of sulfonamides is 1. The number of carbonyl (C=O) groups excluding carboxylic acids is 2. The van der Waals surface area contributed by atoms with Gasteiger partial charge in [0, 0.05) is 18.1 Å². The maximum Gasteiger partial charge on any atom is 0.264 e. The summed E-state index contributed by atoms with van der Waals surface area (Å²) in [6.45, 7) is 5.73. The van der Waals surface area contributed by atoms with Crippen molar-refractivity contribution in [1.29, 1.82) is 0 Å². The zero-order chi connectivity index (χ0) is 30.9. The van der Waals surface area contributed by atoms with Gasteiger partial charge in [0.15, 0.2) is 0 Å². The van der Waals surface area contributed by atoms with Crippen molar-refractivity contribution >= 4 is 55.1 Å². The highest BCUT2D eigenvalue weighted by Gasteiger charge is 2.34. The molecule has 0 radical (unpaired) electrons. The van der Waals surface area contributed by atoms with Gasteiger partial charge in [0.25, 0.3) is 10.0 Å². The molecule has 3 aromatic carbocycles. The Bertz CT molecular complexity index is 1480. The standard InChI is InChI=1S/C31H37BrClN3O5S/c1-5-7-18-34-31(38)28(6-2)35(20-23-10-8-9-11-27(23)33)30(37)21-36(24-14-12-22(3)13-15-24)42(39,40)25-16-17-29(41-4)26(32)19-25/h8-17,19,28H,5-7,18,20-21H2,1-4H3,(H,34,38)/t28-/m0/s1. The number of aryl methyl sites for hydroxylation is 1. The van der Waals surface area contributed by atoms with Crippen molar-refractivity contribution in [2.24, 2.45) is 0 Å². The van der Waals surface area contributed by atoms with Crippen LogP contribution in [0.5, 0.6) is 5.75 Å². The highest BCUT2D eigenvalue weighted by Crippen LogP contribution is 2.31. The number of nitrogens with zero attached hydrogens (tertiary/aromatic N) is 2. The molecule has 0 saturated carbocycles. The van der Waals surface area contributed by atoms with Crippen molar-refractivity contribution in [3.05, 3.63) is 87.4 Å². The Hall–Kier alpha value is -3.08. The molecule has 3 rings (SSSR count). The molecule has 226 valence electrons. The molecule has 0 spiro atoms. The second-order valence-electron chi connectivity index (χ2n) is 9.83. The summed E-state index contributed by atoms with van der Waals surface area (Å²) in [5, 5.41) is 3.37. The number of ether oxygens (including phenoxy) is 1. The fourth-order valence-corrected chi connectivity index (χ4v) is 6.74. The number of unbranched alkanes of at least 4 members (excludes halogenated alkanes) is 1. The third-order valence-electron chi connectivity index (χ3n) is 6.83. The van der Waals surface area contributed by atoms with Gasteiger partial charge in [-0.15, -0.1) is 0 Å². The van der Waals surface area contributed by atoms with Gasteiger partial charge in [-0.1, -0.05) is 67.8 Å². The number of amides is 2. The van der Waals surface area contributed by atoms with E-state index in [0.29, 0.717) is 39.5 Å². The lowest BCUT2D eigenvalue weighted by molar-refractivity contribution is -0.140. The quantitative estimate of drug-likeness (QED) is 0.201. The van der Waals surface area contributed by atoms with Crippen LogP contribution in [0.2, 0.25) is 5.02 Å². The van der Waals surface area contributed by atoms with Crippen molar-refractivity contribution < 1.29 is 22.7 Å². The summed E-state index contributed by atoms with van der Waals surface area (Å²) in [6.07, 6.45) is 2.04. The number of rotatable bonds is 14. The number of nitrogens with one attached hydrogen (secondary N) is 1. The molecule has 3 aromatic rings. The summed E-state index contributed by atoms with van der Waals surface area (Å²) < 4.78 is 35.0. The Kier molecular flexibility index (Phi) is 12.3. The molecule has 0 heterocycles. The van der Waals surface area contributed by atoms with Crippen molar-refractivity contribution in [3.63, 3.8) is 0 Å². The molecular weight excluding hydrogens is 642 g/mol. The Morgan fingerprint density at radius 2 is 1.74 bits per heavy atom. The summed E-state index contributed by atoms with van der Waals surface area (Å²) in [5.74, 6) is -0.364. The van der Waals surface area contributed by atoms with E-state index in [1.807, 2.05) is 20.8 Å². The minimum absolute atomic E-state index is 0.0226. The topological polar surface area (TPSA) is 96.0 Å². The highest BCUT2D eigenvalue weighted by atomic mass is 79.9. The van der Waals surface area contributed by atoms with E-state index in [2.05, 4.69) is 21.2 Å². The van der Waals surface area contributed by atoms with Crippen LogP contribution in [0.4, 0.5) is 5.69 Å². The number of benzene rings is 3. The van der Waals surface area contributed by atoms with Gasteiger partial charge in [0.05, 0.1) is 22.2 Å². The average Bonchev–Trinajstić information content (AvgIpc) is 2.97. The molecule has 0 unspecified atom stereocenters. The zero-order valence-electron chi connectivity index (χ0n) is 24.3. The number of halogens is 2. The van der Waals surface area contributed by atoms with E-state index in [-0.39, 0.29) is 17.3 Å². The van der Waals surface area contributed by atoms with E-state index in [9.17, 15) is 18.0 Å². The van der Waals surface area contributed by atoms with Gasteiger partial charge in [-0.2, -0.15) is 0 Å². The van der Waals surface area contributed by atoms with Crippen LogP contribution in [-0.4, -0.2) is 51.4 Å². The Balaban J connectivity index is 2.07. The number of methoxy groups -OCH3 is 1. The van der Waals surface area contributed by atoms with Crippen molar-refractivity contribution in [2.45, 2.75) is 57.5 Å². The lowest BCUT2D eigenvalue weighted by Gasteiger charge is -2.33. The molecular formula is C31H37BrClN3O5S. The van der Waals surface area contributed by atoms with E-state index in [0.717, 1.165) is 22.7 Å². The summed E-state index contributed by atoms with van der Waals surface area (Å²) >= 11 is 9.81. The van der Waals surface area contributed by atoms with Gasteiger partial charge in [0.2, 0.25) is 11.8 Å². The predicted molar refractivity (Wildman–Crippen MR) is 170 cm³/mol. The molecule has 0 aliphatic rings. The zero-order valence-corrected chi connectivity index (χ0v) is 27.4. The fraction of sp³-hybridized carbons (Fsp3) is 0.355. The van der Waals surface area contributed by atoms with E-state index >= 15 is 0 Å². The summed E-state index contributed by atoms with van der Waals surface area (Å²) in [4.78, 5) is 28.8. The van der Waals surface area contributed by atoms with Crippen LogP contribution in [0.3, 0.4) is 0 Å². The van der Waals surface area contributed by atoms with E-state index < -0.39 is 28.5 Å². The second kappa shape index (κ2) is 15.4. The molecule has 0 aliphatic heterocycles. The van der Waals surface area contributed by atoms with Gasteiger partial charge < -0.3 is 15.0 Å². The van der Waals surface area contributed by atoms with Crippen LogP contribution in [-0.2, 0) is 26.2 Å². The lowest BCUT2D eigenvalue weighted by Crippen LogP contribution is -2.52. The molecule has 0 saturated heterocycles. The SMILES string of the molecule is CCCCNC(=O)[C@H](CC)N(Cc1ccccc1Cl)C(=O)CN(c1ccc(C)cc1)S(=O)(=O)c1ccc(OC)c(Br)c1. The van der Waals surface area contributed by atoms with E-state index in [1.54, 1.807) is 54.6 Å². The average molecular weight is 679 g/mol. The molecule has 0 aromatic heterocycles. The molecule has 1 atom stereocenters. The normalized spacial score (nSPS) is 12.0. The molecule has 0 bridgehead atoms. The van der Waals surface area contributed by atoms with Gasteiger partial charge in [0.1, 0.15) is 18.3 Å². The molecule has 11 heteroatoms. The Morgan fingerprint density at radius 3 is 2.33 bits per heavy atom. The number of anilines is 1. The monoisotopic (exact) mass is 677 g/mol. The molecule has 42 heavy (non-hydrogen) atoms.